The number of Topliss-reactive ketones (excluding diaryl/α,β-unsaturated/α-hetero) is 1. The summed E-state index contributed by atoms with van der Waals surface area (Å²) in [5.74, 6) is 6.77. The van der Waals surface area contributed by atoms with Gasteiger partial charge in [-0.1, -0.05) is 13.8 Å². The Bertz CT molecular complexity index is 193. The van der Waals surface area contributed by atoms with E-state index in [9.17, 15) is 4.79 Å². The van der Waals surface area contributed by atoms with Crippen LogP contribution in [0.3, 0.4) is 0 Å². The first kappa shape index (κ1) is 11.2. The number of rotatable bonds is 4. The van der Waals surface area contributed by atoms with Gasteiger partial charge >= 0.3 is 0 Å². The average molecular weight is 166 g/mol. The molecule has 0 aliphatic carbocycles. The summed E-state index contributed by atoms with van der Waals surface area (Å²) in [4.78, 5) is 11.1. The Morgan fingerprint density at radius 3 is 2.33 bits per heavy atom. The SMILES string of the molecule is CC#CCCC(C(C)=O)C(C)C. The molecule has 0 aromatic heterocycles. The molecule has 0 N–H and O–H groups in total. The van der Waals surface area contributed by atoms with Crippen LogP contribution in [0, 0.1) is 23.7 Å². The number of hydrogen-bond acceptors (Lipinski definition) is 1. The van der Waals surface area contributed by atoms with Crippen molar-refractivity contribution in [1.29, 1.82) is 0 Å². The molecular formula is C11H18O. The molecule has 0 aliphatic heterocycles. The first-order valence-electron chi connectivity index (χ1n) is 4.49. The summed E-state index contributed by atoms with van der Waals surface area (Å²) < 4.78 is 0. The molecule has 0 bridgehead atoms. The summed E-state index contributed by atoms with van der Waals surface area (Å²) in [6, 6.07) is 0. The van der Waals surface area contributed by atoms with Crippen LogP contribution in [0.1, 0.15) is 40.5 Å². The van der Waals surface area contributed by atoms with Crippen molar-refractivity contribution in [3.05, 3.63) is 0 Å². The predicted molar refractivity (Wildman–Crippen MR) is 51.7 cm³/mol. The van der Waals surface area contributed by atoms with Gasteiger partial charge < -0.3 is 0 Å². The van der Waals surface area contributed by atoms with E-state index in [4.69, 9.17) is 0 Å². The molecule has 1 atom stereocenters. The quantitative estimate of drug-likeness (QED) is 0.587. The van der Waals surface area contributed by atoms with Gasteiger partial charge in [-0.15, -0.1) is 11.8 Å². The number of hydrogen-bond donors (Lipinski definition) is 0. The third kappa shape index (κ3) is 4.18. The first-order valence-corrected chi connectivity index (χ1v) is 4.49. The Morgan fingerprint density at radius 2 is 2.00 bits per heavy atom. The molecule has 0 rings (SSSR count). The van der Waals surface area contributed by atoms with E-state index in [1.807, 2.05) is 6.92 Å². The molecule has 12 heavy (non-hydrogen) atoms. The molecule has 0 heterocycles. The second-order valence-corrected chi connectivity index (χ2v) is 3.43. The van der Waals surface area contributed by atoms with E-state index in [1.165, 1.54) is 0 Å². The summed E-state index contributed by atoms with van der Waals surface area (Å²) in [6.07, 6.45) is 1.76. The van der Waals surface area contributed by atoms with Crippen LogP contribution in [0.15, 0.2) is 0 Å². The average Bonchev–Trinajstić information content (AvgIpc) is 1.96. The molecule has 1 nitrogen and oxygen atoms in total. The van der Waals surface area contributed by atoms with E-state index in [2.05, 4.69) is 25.7 Å². The van der Waals surface area contributed by atoms with Crippen molar-refractivity contribution in [3.8, 4) is 11.8 Å². The zero-order chi connectivity index (χ0) is 9.56. The topological polar surface area (TPSA) is 17.1 Å². The maximum Gasteiger partial charge on any atom is 0.133 e. The van der Waals surface area contributed by atoms with E-state index in [0.29, 0.717) is 11.7 Å². The van der Waals surface area contributed by atoms with Crippen molar-refractivity contribution in [3.63, 3.8) is 0 Å². The Labute approximate surface area is 75.5 Å². The third-order valence-electron chi connectivity index (χ3n) is 2.08. The maximum atomic E-state index is 11.1. The molecule has 0 saturated heterocycles. The third-order valence-corrected chi connectivity index (χ3v) is 2.08. The minimum Gasteiger partial charge on any atom is -0.300 e. The van der Waals surface area contributed by atoms with Crippen LogP contribution in [0.4, 0.5) is 0 Å². The molecule has 1 unspecified atom stereocenters. The highest BCUT2D eigenvalue weighted by molar-refractivity contribution is 5.78. The van der Waals surface area contributed by atoms with Gasteiger partial charge in [0.2, 0.25) is 0 Å². The molecule has 0 amide bonds. The first-order chi connectivity index (χ1) is 5.59. The highest BCUT2D eigenvalue weighted by Gasteiger charge is 2.16. The Balaban J connectivity index is 3.94. The van der Waals surface area contributed by atoms with Crippen molar-refractivity contribution in [2.45, 2.75) is 40.5 Å². The largest absolute Gasteiger partial charge is 0.300 e. The Morgan fingerprint density at radius 1 is 1.42 bits per heavy atom. The van der Waals surface area contributed by atoms with Gasteiger partial charge in [-0.3, -0.25) is 4.79 Å². The fourth-order valence-electron chi connectivity index (χ4n) is 1.36. The number of ketones is 1. The fourth-order valence-corrected chi connectivity index (χ4v) is 1.36. The minimum absolute atomic E-state index is 0.200. The van der Waals surface area contributed by atoms with Gasteiger partial charge in [0, 0.05) is 12.3 Å². The maximum absolute atomic E-state index is 11.1. The standard InChI is InChI=1S/C11H18O/c1-5-6-7-8-11(9(2)3)10(4)12/h9,11H,7-8H2,1-4H3. The van der Waals surface area contributed by atoms with Crippen LogP contribution in [0.25, 0.3) is 0 Å². The van der Waals surface area contributed by atoms with Crippen molar-refractivity contribution in [2.24, 2.45) is 11.8 Å². The van der Waals surface area contributed by atoms with E-state index in [0.717, 1.165) is 12.8 Å². The predicted octanol–water partition coefficient (Wildman–Crippen LogP) is 2.65. The molecule has 0 aliphatic rings. The van der Waals surface area contributed by atoms with Crippen LogP contribution >= 0.6 is 0 Å². The van der Waals surface area contributed by atoms with E-state index in [-0.39, 0.29) is 5.92 Å². The van der Waals surface area contributed by atoms with E-state index < -0.39 is 0 Å². The van der Waals surface area contributed by atoms with Crippen LogP contribution < -0.4 is 0 Å². The lowest BCUT2D eigenvalue weighted by Gasteiger charge is -2.15. The molecule has 68 valence electrons. The summed E-state index contributed by atoms with van der Waals surface area (Å²) >= 11 is 0. The van der Waals surface area contributed by atoms with Gasteiger partial charge in [0.25, 0.3) is 0 Å². The van der Waals surface area contributed by atoms with Crippen molar-refractivity contribution < 1.29 is 4.79 Å². The van der Waals surface area contributed by atoms with Gasteiger partial charge in [-0.2, -0.15) is 0 Å². The molecular weight excluding hydrogens is 148 g/mol. The Hall–Kier alpha value is -0.770. The highest BCUT2D eigenvalue weighted by atomic mass is 16.1. The molecule has 0 radical (unpaired) electrons. The fraction of sp³-hybridized carbons (Fsp3) is 0.727. The lowest BCUT2D eigenvalue weighted by molar-refractivity contribution is -0.122. The lowest BCUT2D eigenvalue weighted by atomic mass is 9.88. The van der Waals surface area contributed by atoms with Crippen LogP contribution in [-0.4, -0.2) is 5.78 Å². The van der Waals surface area contributed by atoms with E-state index >= 15 is 0 Å². The summed E-state index contributed by atoms with van der Waals surface area (Å²) in [6.45, 7) is 7.68. The summed E-state index contributed by atoms with van der Waals surface area (Å²) in [7, 11) is 0. The zero-order valence-electron chi connectivity index (χ0n) is 8.48. The molecule has 0 saturated carbocycles. The van der Waals surface area contributed by atoms with Gasteiger partial charge in [0.05, 0.1) is 0 Å². The molecule has 1 heteroatoms. The van der Waals surface area contributed by atoms with Crippen molar-refractivity contribution in [1.82, 2.24) is 0 Å². The number of carbonyl (C=O) groups excluding carboxylic acids is 1. The highest BCUT2D eigenvalue weighted by Crippen LogP contribution is 2.17. The molecule has 0 aromatic rings. The van der Waals surface area contributed by atoms with Crippen LogP contribution in [0.2, 0.25) is 0 Å². The molecule has 0 fully saturated rings. The van der Waals surface area contributed by atoms with Gasteiger partial charge in [-0.05, 0) is 26.2 Å². The van der Waals surface area contributed by atoms with Gasteiger partial charge in [-0.25, -0.2) is 0 Å². The van der Waals surface area contributed by atoms with Crippen molar-refractivity contribution >= 4 is 5.78 Å². The number of carbonyl (C=O) groups is 1. The monoisotopic (exact) mass is 166 g/mol. The normalized spacial score (nSPS) is 12.1. The molecule has 0 spiro atoms. The molecule has 0 aromatic carbocycles. The summed E-state index contributed by atoms with van der Waals surface area (Å²) in [5.41, 5.74) is 0. The van der Waals surface area contributed by atoms with Crippen LogP contribution in [0.5, 0.6) is 0 Å². The van der Waals surface area contributed by atoms with Crippen molar-refractivity contribution in [2.75, 3.05) is 0 Å². The Kier molecular flexibility index (Phi) is 5.45. The van der Waals surface area contributed by atoms with Gasteiger partial charge in [0.15, 0.2) is 0 Å². The van der Waals surface area contributed by atoms with E-state index in [1.54, 1.807) is 6.92 Å². The smallest absolute Gasteiger partial charge is 0.133 e. The van der Waals surface area contributed by atoms with Gasteiger partial charge in [0.1, 0.15) is 5.78 Å². The minimum atomic E-state index is 0.200. The zero-order valence-corrected chi connectivity index (χ0v) is 8.48. The summed E-state index contributed by atoms with van der Waals surface area (Å²) in [5, 5.41) is 0. The second-order valence-electron chi connectivity index (χ2n) is 3.43. The second kappa shape index (κ2) is 5.83. The lowest BCUT2D eigenvalue weighted by Crippen LogP contribution is -2.17. The van der Waals surface area contributed by atoms with Crippen LogP contribution in [-0.2, 0) is 4.79 Å².